The van der Waals surface area contributed by atoms with E-state index in [4.69, 9.17) is 6.85 Å². The number of anilines is 3. The molecule has 0 N–H and O–H groups in total. The van der Waals surface area contributed by atoms with Gasteiger partial charge >= 0.3 is 0 Å². The maximum Gasteiger partial charge on any atom is 0.0645 e. The molecule has 0 saturated carbocycles. The van der Waals surface area contributed by atoms with Crippen molar-refractivity contribution in [3.05, 3.63) is 230 Å². The number of hydrogen-bond donors (Lipinski definition) is 0. The van der Waals surface area contributed by atoms with Crippen molar-refractivity contribution in [3.63, 3.8) is 0 Å². The molecule has 0 spiro atoms. The first-order valence-electron chi connectivity index (χ1n) is 24.6. The molecule has 0 bridgehead atoms. The zero-order chi connectivity index (χ0) is 48.1. The van der Waals surface area contributed by atoms with Crippen LogP contribution in [0.1, 0.15) is 12.3 Å². The first-order chi connectivity index (χ1) is 34.0. The summed E-state index contributed by atoms with van der Waals surface area (Å²) >= 11 is 1.76. The Labute approximate surface area is 371 Å². The molecular formula is C58H38N2S. The fraction of sp³-hybridized carbons (Fsp3) is 0. The van der Waals surface area contributed by atoms with Crippen LogP contribution in [0.5, 0.6) is 0 Å². The molecule has 3 heteroatoms. The predicted octanol–water partition coefficient (Wildman–Crippen LogP) is 16.8. The second kappa shape index (κ2) is 14.5. The molecule has 286 valence electrons. The average Bonchev–Trinajstić information content (AvgIpc) is 3.96. The molecule has 0 unspecified atom stereocenters. The van der Waals surface area contributed by atoms with Crippen molar-refractivity contribution in [2.45, 2.75) is 0 Å². The SMILES string of the molecule is [2H]c1c([2H])c([2H])c(-c2c([2H])c([2H])c(N(c3ccc(-c4cccc(-n5c6ccccc6c6ccccc65)c4)cc3)c3ccc(-c4cccc5c4sc4c6ccccc6ccc54)cc3)c([2H])c2[2H])c([2H])c1[2H]. The molecule has 10 aromatic carbocycles. The largest absolute Gasteiger partial charge is 0.311 e. The van der Waals surface area contributed by atoms with Crippen molar-refractivity contribution in [2.24, 2.45) is 0 Å². The molecule has 0 amide bonds. The summed E-state index contributed by atoms with van der Waals surface area (Å²) in [4.78, 5) is 1.70. The van der Waals surface area contributed by atoms with E-state index < -0.39 is 54.4 Å². The number of nitrogens with zero attached hydrogens (tertiary/aromatic N) is 2. The van der Waals surface area contributed by atoms with E-state index in [2.05, 4.69) is 114 Å². The normalized spacial score (nSPS) is 13.7. The molecular weight excluding hydrogens is 757 g/mol. The Bertz CT molecular complexity index is 4010. The summed E-state index contributed by atoms with van der Waals surface area (Å²) in [6.45, 7) is 0. The fourth-order valence-electron chi connectivity index (χ4n) is 8.70. The molecule has 0 aliphatic carbocycles. The maximum atomic E-state index is 9.52. The van der Waals surface area contributed by atoms with Crippen LogP contribution < -0.4 is 4.90 Å². The Morgan fingerprint density at radius 1 is 0.377 bits per heavy atom. The third kappa shape index (κ3) is 6.01. The third-order valence-corrected chi connectivity index (χ3v) is 12.8. The minimum atomic E-state index is -0.626. The van der Waals surface area contributed by atoms with E-state index >= 15 is 0 Å². The molecule has 12 aromatic rings. The van der Waals surface area contributed by atoms with Crippen LogP contribution in [0.4, 0.5) is 17.1 Å². The second-order valence-corrected chi connectivity index (χ2v) is 16.0. The van der Waals surface area contributed by atoms with E-state index in [9.17, 15) is 5.48 Å². The highest BCUT2D eigenvalue weighted by molar-refractivity contribution is 7.27. The van der Waals surface area contributed by atoms with Crippen molar-refractivity contribution in [3.8, 4) is 39.1 Å². The third-order valence-electron chi connectivity index (χ3n) is 11.6. The first kappa shape index (κ1) is 27.1. The highest BCUT2D eigenvalue weighted by Gasteiger charge is 2.17. The van der Waals surface area contributed by atoms with Crippen molar-refractivity contribution < 1.29 is 12.3 Å². The summed E-state index contributed by atoms with van der Waals surface area (Å²) in [5, 5.41) is 7.09. The number of aromatic nitrogens is 1. The molecule has 0 aliphatic rings. The van der Waals surface area contributed by atoms with Gasteiger partial charge in [-0.3, -0.25) is 0 Å². The quantitative estimate of drug-likeness (QED) is 0.156. The highest BCUT2D eigenvalue weighted by Crippen LogP contribution is 2.44. The van der Waals surface area contributed by atoms with Gasteiger partial charge in [-0.2, -0.15) is 0 Å². The minimum Gasteiger partial charge on any atom is -0.311 e. The Balaban J connectivity index is 0.997. The van der Waals surface area contributed by atoms with Crippen LogP contribution in [-0.4, -0.2) is 4.57 Å². The first-order valence-corrected chi connectivity index (χ1v) is 20.9. The van der Waals surface area contributed by atoms with Gasteiger partial charge in [0.25, 0.3) is 0 Å². The predicted molar refractivity (Wildman–Crippen MR) is 262 cm³/mol. The molecule has 12 rings (SSSR count). The Kier molecular flexibility index (Phi) is 6.46. The lowest BCUT2D eigenvalue weighted by molar-refractivity contribution is 1.18. The summed E-state index contributed by atoms with van der Waals surface area (Å²) < 4.78 is 84.4. The zero-order valence-electron chi connectivity index (χ0n) is 41.5. The van der Waals surface area contributed by atoms with E-state index in [1.807, 2.05) is 66.7 Å². The standard InChI is InChI=1S/C58H38N2S/c1-2-12-39(13-3-1)40-24-31-45(32-25-40)59(47-35-28-43(29-36-47)50-20-11-21-53-54-37-30-42-14-4-5-17-49(42)58(54)61-57(50)53)46-33-26-41(27-34-46)44-15-10-16-48(38-44)60-55-22-8-6-18-51(55)52-19-7-9-23-56(52)60/h1-38H/i1D,2D,3D,12D,13D,24D,25D,31D,32D. The van der Waals surface area contributed by atoms with Crippen molar-refractivity contribution in [2.75, 3.05) is 4.90 Å². The van der Waals surface area contributed by atoms with Gasteiger partial charge in [-0.05, 0) is 105 Å². The van der Waals surface area contributed by atoms with E-state index in [0.717, 1.165) is 49.1 Å². The summed E-state index contributed by atoms with van der Waals surface area (Å²) in [6.07, 6.45) is 0. The molecule has 0 saturated heterocycles. The van der Waals surface area contributed by atoms with Crippen molar-refractivity contribution >= 4 is 81.1 Å². The van der Waals surface area contributed by atoms with Crippen LogP contribution in [-0.2, 0) is 0 Å². The minimum absolute atomic E-state index is 0.0570. The van der Waals surface area contributed by atoms with Gasteiger partial charge in [0.05, 0.1) is 23.4 Å². The van der Waals surface area contributed by atoms with E-state index in [1.54, 1.807) is 16.2 Å². The van der Waals surface area contributed by atoms with Gasteiger partial charge in [0.2, 0.25) is 0 Å². The Morgan fingerprint density at radius 3 is 1.69 bits per heavy atom. The van der Waals surface area contributed by atoms with Crippen molar-refractivity contribution in [1.82, 2.24) is 4.57 Å². The van der Waals surface area contributed by atoms with E-state index in [1.165, 1.54) is 31.6 Å². The second-order valence-electron chi connectivity index (χ2n) is 15.0. The average molecular weight is 804 g/mol. The van der Waals surface area contributed by atoms with Gasteiger partial charge in [0.1, 0.15) is 0 Å². The van der Waals surface area contributed by atoms with Crippen LogP contribution in [0.3, 0.4) is 0 Å². The smallest absolute Gasteiger partial charge is 0.0645 e. The molecule has 2 aromatic heterocycles. The lowest BCUT2D eigenvalue weighted by Gasteiger charge is -2.26. The van der Waals surface area contributed by atoms with Gasteiger partial charge in [-0.1, -0.05) is 170 Å². The van der Waals surface area contributed by atoms with Gasteiger partial charge in [-0.15, -0.1) is 11.3 Å². The van der Waals surface area contributed by atoms with Gasteiger partial charge in [-0.25, -0.2) is 0 Å². The zero-order valence-corrected chi connectivity index (χ0v) is 33.4. The molecule has 2 heterocycles. The highest BCUT2D eigenvalue weighted by atomic mass is 32.1. The molecule has 0 fully saturated rings. The topological polar surface area (TPSA) is 8.17 Å². The number of para-hydroxylation sites is 2. The van der Waals surface area contributed by atoms with Crippen LogP contribution >= 0.6 is 11.3 Å². The summed E-state index contributed by atoms with van der Waals surface area (Å²) in [5.74, 6) is 0. The van der Waals surface area contributed by atoms with Crippen molar-refractivity contribution in [1.29, 1.82) is 0 Å². The molecule has 2 nitrogen and oxygen atoms in total. The molecule has 0 aliphatic heterocycles. The fourth-order valence-corrected chi connectivity index (χ4v) is 10.1. The van der Waals surface area contributed by atoms with Gasteiger partial charge < -0.3 is 9.47 Å². The Morgan fingerprint density at radius 2 is 0.967 bits per heavy atom. The molecule has 0 atom stereocenters. The number of fused-ring (bicyclic) bond motifs is 8. The molecule has 61 heavy (non-hydrogen) atoms. The van der Waals surface area contributed by atoms with Crippen LogP contribution in [0.15, 0.2) is 230 Å². The van der Waals surface area contributed by atoms with Crippen LogP contribution in [0.2, 0.25) is 0 Å². The lowest BCUT2D eigenvalue weighted by atomic mass is 10.0. The van der Waals surface area contributed by atoms with E-state index in [-0.39, 0.29) is 16.8 Å². The number of benzene rings is 10. The lowest BCUT2D eigenvalue weighted by Crippen LogP contribution is -2.09. The van der Waals surface area contributed by atoms with Crippen LogP contribution in [0, 0.1) is 0 Å². The van der Waals surface area contributed by atoms with Gasteiger partial charge in [0, 0.05) is 53.7 Å². The summed E-state index contributed by atoms with van der Waals surface area (Å²) in [6, 6.07) is 54.8. The number of thiophene rings is 1. The monoisotopic (exact) mass is 803 g/mol. The number of rotatable bonds is 7. The summed E-state index contributed by atoms with van der Waals surface area (Å²) in [7, 11) is 0. The summed E-state index contributed by atoms with van der Waals surface area (Å²) in [5.41, 5.74) is 7.42. The van der Waals surface area contributed by atoms with Crippen LogP contribution in [0.25, 0.3) is 91.8 Å². The van der Waals surface area contributed by atoms with Gasteiger partial charge in [0.15, 0.2) is 0 Å². The maximum absolute atomic E-state index is 9.52. The molecule has 0 radical (unpaired) electrons. The number of hydrogen-bond acceptors (Lipinski definition) is 2. The Hall–Kier alpha value is -7.72. The van der Waals surface area contributed by atoms with E-state index in [0.29, 0.717) is 11.4 Å².